The molecule has 1 aromatic heterocycles. The second kappa shape index (κ2) is 7.20. The van der Waals surface area contributed by atoms with E-state index in [2.05, 4.69) is 15.3 Å². The van der Waals surface area contributed by atoms with E-state index >= 15 is 0 Å². The molecular weight excluding hydrogens is 367 g/mol. The summed E-state index contributed by atoms with van der Waals surface area (Å²) < 4.78 is 38.9. The number of amides is 1. The highest BCUT2D eigenvalue weighted by molar-refractivity contribution is 8.00. The lowest BCUT2D eigenvalue weighted by Crippen LogP contribution is -2.15. The van der Waals surface area contributed by atoms with Gasteiger partial charge in [-0.25, -0.2) is 9.97 Å². The van der Waals surface area contributed by atoms with E-state index in [0.29, 0.717) is 11.1 Å². The number of para-hydroxylation sites is 1. The fourth-order valence-electron chi connectivity index (χ4n) is 2.16. The molecule has 0 fully saturated rings. The summed E-state index contributed by atoms with van der Waals surface area (Å²) in [6.07, 6.45) is -4.67. The maximum Gasteiger partial charge on any atom is 0.451 e. The monoisotopic (exact) mass is 379 g/mol. The molecule has 9 heteroatoms. The molecule has 134 valence electrons. The summed E-state index contributed by atoms with van der Waals surface area (Å²) in [7, 11) is 0. The van der Waals surface area contributed by atoms with Gasteiger partial charge in [-0.15, -0.1) is 0 Å². The molecule has 3 rings (SSSR count). The molecule has 1 amide bonds. The molecule has 1 heterocycles. The molecule has 0 aliphatic carbocycles. The first-order valence-electron chi connectivity index (χ1n) is 7.38. The third-order valence-electron chi connectivity index (χ3n) is 3.31. The molecule has 0 aliphatic heterocycles. The van der Waals surface area contributed by atoms with Crippen molar-refractivity contribution in [2.45, 2.75) is 11.2 Å². The van der Waals surface area contributed by atoms with Crippen LogP contribution < -0.4 is 5.32 Å². The molecular formula is C17H12F3N3O2S. The number of anilines is 1. The van der Waals surface area contributed by atoms with Gasteiger partial charge in [0.15, 0.2) is 0 Å². The van der Waals surface area contributed by atoms with Crippen LogP contribution in [0.1, 0.15) is 5.82 Å². The SMILES string of the molecule is O=C(CSc1nc(C(F)(F)F)nc2ccccc12)Nc1ccc(O)cc1. The maximum absolute atomic E-state index is 13.0. The normalized spacial score (nSPS) is 11.5. The van der Waals surface area contributed by atoms with Crippen LogP contribution in [-0.2, 0) is 11.0 Å². The largest absolute Gasteiger partial charge is 0.508 e. The Morgan fingerprint density at radius 2 is 1.77 bits per heavy atom. The van der Waals surface area contributed by atoms with Crippen molar-refractivity contribution in [2.24, 2.45) is 0 Å². The molecule has 3 aromatic rings. The van der Waals surface area contributed by atoms with Crippen molar-refractivity contribution in [3.05, 3.63) is 54.4 Å². The zero-order valence-corrected chi connectivity index (χ0v) is 13.9. The third-order valence-corrected chi connectivity index (χ3v) is 4.30. The van der Waals surface area contributed by atoms with E-state index in [0.717, 1.165) is 11.8 Å². The van der Waals surface area contributed by atoms with Crippen molar-refractivity contribution >= 4 is 34.3 Å². The Hall–Kier alpha value is -2.81. The quantitative estimate of drug-likeness (QED) is 0.406. The van der Waals surface area contributed by atoms with E-state index in [9.17, 15) is 23.1 Å². The fourth-order valence-corrected chi connectivity index (χ4v) is 2.98. The van der Waals surface area contributed by atoms with Gasteiger partial charge < -0.3 is 10.4 Å². The lowest BCUT2D eigenvalue weighted by atomic mass is 10.2. The van der Waals surface area contributed by atoms with Gasteiger partial charge >= 0.3 is 6.18 Å². The van der Waals surface area contributed by atoms with Crippen molar-refractivity contribution in [3.63, 3.8) is 0 Å². The predicted octanol–water partition coefficient (Wildman–Crippen LogP) is 4.09. The number of aromatic nitrogens is 2. The van der Waals surface area contributed by atoms with Gasteiger partial charge in [0, 0.05) is 11.1 Å². The Bertz CT molecular complexity index is 946. The molecule has 0 radical (unpaired) electrons. The number of nitrogens with zero attached hydrogens (tertiary/aromatic N) is 2. The number of carbonyl (C=O) groups excluding carboxylic acids is 1. The topological polar surface area (TPSA) is 75.1 Å². The number of halogens is 3. The van der Waals surface area contributed by atoms with Crippen LogP contribution in [0.25, 0.3) is 10.9 Å². The number of alkyl halides is 3. The summed E-state index contributed by atoms with van der Waals surface area (Å²) in [6.45, 7) is 0. The first-order chi connectivity index (χ1) is 12.3. The summed E-state index contributed by atoms with van der Waals surface area (Å²) in [6, 6.07) is 12.2. The molecule has 0 saturated carbocycles. The summed E-state index contributed by atoms with van der Waals surface area (Å²) >= 11 is 0.898. The molecule has 5 nitrogen and oxygen atoms in total. The van der Waals surface area contributed by atoms with Crippen molar-refractivity contribution in [1.82, 2.24) is 9.97 Å². The number of rotatable bonds is 4. The summed E-state index contributed by atoms with van der Waals surface area (Å²) in [5.41, 5.74) is 0.633. The van der Waals surface area contributed by atoms with E-state index < -0.39 is 17.9 Å². The van der Waals surface area contributed by atoms with Gasteiger partial charge in [0.25, 0.3) is 0 Å². The standard InChI is InChI=1S/C17H12F3N3O2S/c18-17(19,20)16-22-13-4-2-1-3-12(13)15(23-16)26-9-14(25)21-10-5-7-11(24)8-6-10/h1-8,24H,9H2,(H,21,25). The number of aromatic hydroxyl groups is 1. The van der Waals surface area contributed by atoms with Crippen LogP contribution in [-0.4, -0.2) is 26.7 Å². The van der Waals surface area contributed by atoms with E-state index in [1.165, 1.54) is 30.3 Å². The fraction of sp³-hybridized carbons (Fsp3) is 0.118. The number of hydrogen-bond donors (Lipinski definition) is 2. The number of thioether (sulfide) groups is 1. The average molecular weight is 379 g/mol. The highest BCUT2D eigenvalue weighted by Crippen LogP contribution is 2.32. The molecule has 0 spiro atoms. The number of carbonyl (C=O) groups is 1. The molecule has 2 aromatic carbocycles. The number of phenolic OH excluding ortho intramolecular Hbond substituents is 1. The van der Waals surface area contributed by atoms with Crippen LogP contribution in [0, 0.1) is 0 Å². The van der Waals surface area contributed by atoms with Crippen LogP contribution in [0.2, 0.25) is 0 Å². The van der Waals surface area contributed by atoms with Gasteiger partial charge in [0.2, 0.25) is 11.7 Å². The molecule has 2 N–H and O–H groups in total. The highest BCUT2D eigenvalue weighted by atomic mass is 32.2. The van der Waals surface area contributed by atoms with Crippen LogP contribution in [0.15, 0.2) is 53.6 Å². The van der Waals surface area contributed by atoms with E-state index in [1.807, 2.05) is 0 Å². The second-order valence-corrected chi connectivity index (χ2v) is 6.22. The molecule has 0 saturated heterocycles. The Balaban J connectivity index is 1.79. The van der Waals surface area contributed by atoms with E-state index in [1.54, 1.807) is 18.2 Å². The highest BCUT2D eigenvalue weighted by Gasteiger charge is 2.35. The number of phenols is 1. The first-order valence-corrected chi connectivity index (χ1v) is 8.37. The van der Waals surface area contributed by atoms with Crippen LogP contribution >= 0.6 is 11.8 Å². The third kappa shape index (κ3) is 4.23. The van der Waals surface area contributed by atoms with Crippen molar-refractivity contribution in [3.8, 4) is 5.75 Å². The maximum atomic E-state index is 13.0. The number of hydrogen-bond acceptors (Lipinski definition) is 5. The van der Waals surface area contributed by atoms with Gasteiger partial charge in [0.05, 0.1) is 11.3 Å². The smallest absolute Gasteiger partial charge is 0.451 e. The number of nitrogens with one attached hydrogen (secondary N) is 1. The van der Waals surface area contributed by atoms with E-state index in [-0.39, 0.29) is 22.0 Å². The molecule has 0 aliphatic rings. The Labute approximate surface area is 150 Å². The van der Waals surface area contributed by atoms with Gasteiger partial charge in [-0.3, -0.25) is 4.79 Å². The van der Waals surface area contributed by atoms with Crippen LogP contribution in [0.4, 0.5) is 18.9 Å². The van der Waals surface area contributed by atoms with Gasteiger partial charge in [0.1, 0.15) is 10.8 Å². The lowest BCUT2D eigenvalue weighted by molar-refractivity contribution is -0.145. The molecule has 26 heavy (non-hydrogen) atoms. The van der Waals surface area contributed by atoms with Gasteiger partial charge in [-0.1, -0.05) is 30.0 Å². The predicted molar refractivity (Wildman–Crippen MR) is 92.0 cm³/mol. The van der Waals surface area contributed by atoms with Crippen LogP contribution in [0.3, 0.4) is 0 Å². The Morgan fingerprint density at radius 1 is 1.08 bits per heavy atom. The lowest BCUT2D eigenvalue weighted by Gasteiger charge is -2.10. The van der Waals surface area contributed by atoms with Gasteiger partial charge in [-0.05, 0) is 30.3 Å². The van der Waals surface area contributed by atoms with Crippen molar-refractivity contribution in [2.75, 3.05) is 11.1 Å². The molecule has 0 bridgehead atoms. The van der Waals surface area contributed by atoms with E-state index in [4.69, 9.17) is 0 Å². The molecule has 0 unspecified atom stereocenters. The van der Waals surface area contributed by atoms with Crippen LogP contribution in [0.5, 0.6) is 5.75 Å². The minimum Gasteiger partial charge on any atom is -0.508 e. The minimum absolute atomic E-state index is 0.0597. The summed E-state index contributed by atoms with van der Waals surface area (Å²) in [5, 5.41) is 12.3. The average Bonchev–Trinajstić information content (AvgIpc) is 2.60. The zero-order valence-electron chi connectivity index (χ0n) is 13.1. The van der Waals surface area contributed by atoms with Gasteiger partial charge in [-0.2, -0.15) is 13.2 Å². The summed E-state index contributed by atoms with van der Waals surface area (Å²) in [5.74, 6) is -1.71. The minimum atomic E-state index is -4.67. The second-order valence-electron chi connectivity index (χ2n) is 5.25. The zero-order chi connectivity index (χ0) is 18.7. The molecule has 0 atom stereocenters. The Morgan fingerprint density at radius 3 is 2.46 bits per heavy atom. The van der Waals surface area contributed by atoms with Crippen molar-refractivity contribution in [1.29, 1.82) is 0 Å². The Kier molecular flexibility index (Phi) is 4.99. The van der Waals surface area contributed by atoms with Crippen molar-refractivity contribution < 1.29 is 23.1 Å². The summed E-state index contributed by atoms with van der Waals surface area (Å²) in [4.78, 5) is 19.1. The first kappa shape index (κ1) is 18.0. The number of benzene rings is 2. The number of fused-ring (bicyclic) bond motifs is 1.